The molecule has 1 atom stereocenters. The summed E-state index contributed by atoms with van der Waals surface area (Å²) < 4.78 is 5.35. The molecule has 2 rings (SSSR count). The highest BCUT2D eigenvalue weighted by atomic mass is 16.5. The van der Waals surface area contributed by atoms with Gasteiger partial charge in [0.25, 0.3) is 0 Å². The Morgan fingerprint density at radius 2 is 1.90 bits per heavy atom. The molecular weight excluding hydrogens is 272 g/mol. The molecule has 8 heteroatoms. The number of nitrogens with zero attached hydrogens (tertiary/aromatic N) is 4. The van der Waals surface area contributed by atoms with Crippen LogP contribution in [0, 0.1) is 0 Å². The lowest BCUT2D eigenvalue weighted by Crippen LogP contribution is -2.37. The molecule has 1 fully saturated rings. The Kier molecular flexibility index (Phi) is 5.94. The molecule has 1 aromatic rings. The molecule has 1 aliphatic rings. The Morgan fingerprint density at radius 3 is 2.52 bits per heavy atom. The van der Waals surface area contributed by atoms with Gasteiger partial charge in [-0.25, -0.2) is 0 Å². The van der Waals surface area contributed by atoms with Crippen LogP contribution in [0.2, 0.25) is 0 Å². The summed E-state index contributed by atoms with van der Waals surface area (Å²) >= 11 is 0. The summed E-state index contributed by atoms with van der Waals surface area (Å²) in [4.78, 5) is 15.3. The maximum Gasteiger partial charge on any atom is 0.232 e. The average Bonchev–Trinajstić information content (AvgIpc) is 2.53. The van der Waals surface area contributed by atoms with Crippen molar-refractivity contribution in [3.05, 3.63) is 0 Å². The summed E-state index contributed by atoms with van der Waals surface area (Å²) in [5, 5.41) is 15.6. The summed E-state index contributed by atoms with van der Waals surface area (Å²) in [5.41, 5.74) is 0. The fourth-order valence-corrected chi connectivity index (χ4v) is 2.03. The zero-order valence-electron chi connectivity index (χ0n) is 12.7. The molecule has 1 saturated heterocycles. The smallest absolute Gasteiger partial charge is 0.232 e. The minimum absolute atomic E-state index is 0.0472. The minimum atomic E-state index is -0.0561. The number of hydrogen-bond donors (Lipinski definition) is 3. The first-order valence-electron chi connectivity index (χ1n) is 7.46. The zero-order valence-corrected chi connectivity index (χ0v) is 12.7. The van der Waals surface area contributed by atoms with E-state index < -0.39 is 0 Å². The van der Waals surface area contributed by atoms with Crippen molar-refractivity contribution in [3.8, 4) is 0 Å². The molecular formula is C13H24N6O2. The van der Waals surface area contributed by atoms with Crippen molar-refractivity contribution in [1.29, 1.82) is 0 Å². The number of aromatic nitrogens is 3. The van der Waals surface area contributed by atoms with E-state index in [2.05, 4.69) is 30.5 Å². The van der Waals surface area contributed by atoms with Crippen LogP contribution in [0.25, 0.3) is 0 Å². The highest BCUT2D eigenvalue weighted by molar-refractivity contribution is 5.44. The molecule has 8 nitrogen and oxygen atoms in total. The summed E-state index contributed by atoms with van der Waals surface area (Å²) in [7, 11) is 0. The topological polar surface area (TPSA) is 95.4 Å². The Hall–Kier alpha value is -1.67. The number of nitrogens with one attached hydrogen (secondary N) is 2. The fraction of sp³-hybridized carbons (Fsp3) is 0.769. The second-order valence-corrected chi connectivity index (χ2v) is 4.84. The van der Waals surface area contributed by atoms with E-state index in [0.29, 0.717) is 31.1 Å². The van der Waals surface area contributed by atoms with E-state index in [1.54, 1.807) is 0 Å². The van der Waals surface area contributed by atoms with Crippen LogP contribution >= 0.6 is 0 Å². The van der Waals surface area contributed by atoms with Crippen LogP contribution in [0.4, 0.5) is 17.8 Å². The van der Waals surface area contributed by atoms with Crippen molar-refractivity contribution >= 4 is 17.8 Å². The van der Waals surface area contributed by atoms with Gasteiger partial charge in [0, 0.05) is 19.6 Å². The van der Waals surface area contributed by atoms with Crippen molar-refractivity contribution in [1.82, 2.24) is 15.0 Å². The molecule has 0 bridgehead atoms. The van der Waals surface area contributed by atoms with Gasteiger partial charge in [0.15, 0.2) is 0 Å². The van der Waals surface area contributed by atoms with Gasteiger partial charge in [-0.1, -0.05) is 6.92 Å². The normalized spacial score (nSPS) is 16.6. The molecule has 0 saturated carbocycles. The van der Waals surface area contributed by atoms with E-state index in [9.17, 15) is 5.11 Å². The Balaban J connectivity index is 2.20. The van der Waals surface area contributed by atoms with E-state index in [-0.39, 0.29) is 12.6 Å². The first kappa shape index (κ1) is 15.7. The summed E-state index contributed by atoms with van der Waals surface area (Å²) in [6, 6.07) is -0.0561. The first-order valence-corrected chi connectivity index (χ1v) is 7.46. The van der Waals surface area contributed by atoms with Crippen LogP contribution in [0.1, 0.15) is 20.3 Å². The van der Waals surface area contributed by atoms with Gasteiger partial charge in [-0.05, 0) is 13.3 Å². The SMILES string of the molecule is CCNc1nc(NC(CC)CO)nc(N2CCOCC2)n1. The lowest BCUT2D eigenvalue weighted by Gasteiger charge is -2.27. The summed E-state index contributed by atoms with van der Waals surface area (Å²) in [6.45, 7) is 7.68. The third-order valence-electron chi connectivity index (χ3n) is 3.30. The monoisotopic (exact) mass is 296 g/mol. The molecule has 0 amide bonds. The van der Waals surface area contributed by atoms with Gasteiger partial charge < -0.3 is 25.4 Å². The van der Waals surface area contributed by atoms with Crippen molar-refractivity contribution in [2.75, 3.05) is 55.0 Å². The lowest BCUT2D eigenvalue weighted by atomic mass is 10.2. The molecule has 1 unspecified atom stereocenters. The minimum Gasteiger partial charge on any atom is -0.394 e. The van der Waals surface area contributed by atoms with Crippen molar-refractivity contribution in [3.63, 3.8) is 0 Å². The van der Waals surface area contributed by atoms with E-state index in [1.807, 2.05) is 13.8 Å². The van der Waals surface area contributed by atoms with Crippen LogP contribution in [-0.2, 0) is 4.74 Å². The standard InChI is InChI=1S/C13H24N6O2/c1-3-10(9-20)15-12-16-11(14-4-2)17-13(18-12)19-5-7-21-8-6-19/h10,20H,3-9H2,1-2H3,(H2,14,15,16,17,18). The summed E-state index contributed by atoms with van der Waals surface area (Å²) in [5.74, 6) is 1.67. The molecule has 0 spiro atoms. The lowest BCUT2D eigenvalue weighted by molar-refractivity contribution is 0.122. The first-order chi connectivity index (χ1) is 10.3. The van der Waals surface area contributed by atoms with Crippen LogP contribution < -0.4 is 15.5 Å². The molecule has 1 aromatic heterocycles. The van der Waals surface area contributed by atoms with E-state index in [4.69, 9.17) is 4.74 Å². The van der Waals surface area contributed by atoms with Crippen LogP contribution in [0.15, 0.2) is 0 Å². The highest BCUT2D eigenvalue weighted by Gasteiger charge is 2.17. The average molecular weight is 296 g/mol. The van der Waals surface area contributed by atoms with Gasteiger partial charge >= 0.3 is 0 Å². The number of aliphatic hydroxyl groups excluding tert-OH is 1. The Labute approximate surface area is 125 Å². The molecule has 0 aliphatic carbocycles. The summed E-state index contributed by atoms with van der Waals surface area (Å²) in [6.07, 6.45) is 0.797. The third kappa shape index (κ3) is 4.40. The van der Waals surface area contributed by atoms with Gasteiger partial charge in [0.05, 0.1) is 25.9 Å². The Morgan fingerprint density at radius 1 is 1.19 bits per heavy atom. The molecule has 3 N–H and O–H groups in total. The number of aliphatic hydroxyl groups is 1. The molecule has 21 heavy (non-hydrogen) atoms. The fourth-order valence-electron chi connectivity index (χ4n) is 2.03. The molecule has 0 radical (unpaired) electrons. The Bertz CT molecular complexity index is 435. The highest BCUT2D eigenvalue weighted by Crippen LogP contribution is 2.15. The molecule has 1 aliphatic heterocycles. The second-order valence-electron chi connectivity index (χ2n) is 4.84. The number of hydrogen-bond acceptors (Lipinski definition) is 8. The van der Waals surface area contributed by atoms with Gasteiger partial charge in [-0.2, -0.15) is 15.0 Å². The maximum absolute atomic E-state index is 9.30. The largest absolute Gasteiger partial charge is 0.394 e. The molecule has 0 aromatic carbocycles. The molecule has 118 valence electrons. The van der Waals surface area contributed by atoms with Crippen LogP contribution in [0.3, 0.4) is 0 Å². The van der Waals surface area contributed by atoms with Crippen LogP contribution in [-0.4, -0.2) is 65.6 Å². The van der Waals surface area contributed by atoms with Crippen LogP contribution in [0.5, 0.6) is 0 Å². The van der Waals surface area contributed by atoms with Gasteiger partial charge in [-0.3, -0.25) is 0 Å². The second kappa shape index (κ2) is 7.94. The maximum atomic E-state index is 9.30. The van der Waals surface area contributed by atoms with Gasteiger partial charge in [0.1, 0.15) is 0 Å². The number of anilines is 3. The predicted octanol–water partition coefficient (Wildman–Crippen LogP) is 0.323. The van der Waals surface area contributed by atoms with E-state index in [0.717, 1.165) is 26.1 Å². The number of morpholine rings is 1. The quantitative estimate of drug-likeness (QED) is 0.662. The van der Waals surface area contributed by atoms with Gasteiger partial charge in [-0.15, -0.1) is 0 Å². The predicted molar refractivity (Wildman–Crippen MR) is 81.8 cm³/mol. The van der Waals surface area contributed by atoms with Crippen molar-refractivity contribution in [2.45, 2.75) is 26.3 Å². The number of ether oxygens (including phenoxy) is 1. The van der Waals surface area contributed by atoms with E-state index in [1.165, 1.54) is 0 Å². The zero-order chi connectivity index (χ0) is 15.1. The van der Waals surface area contributed by atoms with E-state index >= 15 is 0 Å². The van der Waals surface area contributed by atoms with Gasteiger partial charge in [0.2, 0.25) is 17.8 Å². The van der Waals surface area contributed by atoms with Crippen molar-refractivity contribution in [2.24, 2.45) is 0 Å². The molecule has 2 heterocycles. The number of rotatable bonds is 7. The third-order valence-corrected chi connectivity index (χ3v) is 3.30. The van der Waals surface area contributed by atoms with Crippen molar-refractivity contribution < 1.29 is 9.84 Å².